The molecule has 1 aliphatic carbocycles. The Labute approximate surface area is 242 Å². The van der Waals surface area contributed by atoms with Crippen molar-refractivity contribution in [1.82, 2.24) is 9.80 Å². The van der Waals surface area contributed by atoms with E-state index in [0.717, 1.165) is 0 Å². The van der Waals surface area contributed by atoms with Gasteiger partial charge < -0.3 is 25.2 Å². The second-order valence-electron chi connectivity index (χ2n) is 11.9. The molecule has 4 aliphatic rings. The number of carbonyl (C=O) groups is 2. The Morgan fingerprint density at radius 2 is 1.40 bits per heavy atom. The van der Waals surface area contributed by atoms with Gasteiger partial charge >= 0.3 is 0 Å². The minimum Gasteiger partial charge on any atom is -0.376 e. The maximum absolute atomic E-state index is 13.4. The Kier molecular flexibility index (Phi) is 8.37. The van der Waals surface area contributed by atoms with Crippen LogP contribution in [0.25, 0.3) is 0 Å². The van der Waals surface area contributed by atoms with Crippen LogP contribution in [0.3, 0.4) is 0 Å². The molecule has 8 heteroatoms. The van der Waals surface area contributed by atoms with E-state index in [1.165, 1.54) is 73.9 Å². The van der Waals surface area contributed by atoms with Gasteiger partial charge in [0.05, 0.1) is 18.9 Å². The molecule has 0 spiro atoms. The van der Waals surface area contributed by atoms with Crippen LogP contribution < -0.4 is 10.6 Å². The number of fused-ring (bicyclic) bond motifs is 1. The first-order valence-corrected chi connectivity index (χ1v) is 16.0. The monoisotopic (exact) mass is 562 g/mol. The zero-order valence-electron chi connectivity index (χ0n) is 23.4. The molecule has 0 aromatic heterocycles. The summed E-state index contributed by atoms with van der Waals surface area (Å²) in [5.41, 5.74) is 8.57. The molecule has 6 rings (SSSR count). The van der Waals surface area contributed by atoms with E-state index in [0.29, 0.717) is 37.8 Å². The van der Waals surface area contributed by atoms with Crippen LogP contribution >= 0.6 is 11.8 Å². The number of rotatable bonds is 4. The number of anilines is 1. The summed E-state index contributed by atoms with van der Waals surface area (Å²) in [6, 6.07) is 17.7. The van der Waals surface area contributed by atoms with Gasteiger partial charge in [0, 0.05) is 42.7 Å². The molecule has 1 atom stereocenters. The van der Waals surface area contributed by atoms with Crippen LogP contribution in [0, 0.1) is 0 Å². The SMILES string of the molecule is NC1(C(=O)N2CCN(C(=O)c3ccc(C4Sc5ccccc5N4C4CCCCCCCCC4)cc3)CC2)COC1. The third-order valence-corrected chi connectivity index (χ3v) is 10.4. The molecule has 2 aromatic rings. The number of thioether (sulfide) groups is 1. The summed E-state index contributed by atoms with van der Waals surface area (Å²) < 4.78 is 5.15. The smallest absolute Gasteiger partial charge is 0.253 e. The van der Waals surface area contributed by atoms with Crippen molar-refractivity contribution in [2.45, 2.75) is 79.6 Å². The van der Waals surface area contributed by atoms with E-state index in [1.54, 1.807) is 4.90 Å². The standard InChI is InChI=1S/C32H42N4O3S/c33-32(22-39-23-32)31(38)35-20-18-34(19-21-35)29(37)24-14-16-25(17-15-24)30-36(27-12-8-9-13-28(27)40-30)26-10-6-4-2-1-3-5-7-11-26/h8-9,12-17,26,30H,1-7,10-11,18-23,33H2. The fourth-order valence-corrected chi connectivity index (χ4v) is 7.99. The van der Waals surface area contributed by atoms with Gasteiger partial charge in [0.2, 0.25) is 5.91 Å². The van der Waals surface area contributed by atoms with E-state index in [9.17, 15) is 9.59 Å². The topological polar surface area (TPSA) is 79.1 Å². The molecule has 3 fully saturated rings. The van der Waals surface area contributed by atoms with E-state index in [1.807, 2.05) is 28.8 Å². The zero-order valence-corrected chi connectivity index (χ0v) is 24.2. The highest BCUT2D eigenvalue weighted by Gasteiger charge is 2.45. The largest absolute Gasteiger partial charge is 0.376 e. The molecule has 0 bridgehead atoms. The number of benzene rings is 2. The molecule has 2 aromatic carbocycles. The Morgan fingerprint density at radius 1 is 0.800 bits per heavy atom. The molecule has 7 nitrogen and oxygen atoms in total. The van der Waals surface area contributed by atoms with Gasteiger partial charge in [0.15, 0.2) is 0 Å². The number of hydrogen-bond acceptors (Lipinski definition) is 6. The minimum atomic E-state index is -0.887. The van der Waals surface area contributed by atoms with Crippen molar-refractivity contribution in [3.63, 3.8) is 0 Å². The third kappa shape index (κ3) is 5.63. The number of ether oxygens (including phenoxy) is 1. The number of para-hydroxylation sites is 1. The van der Waals surface area contributed by atoms with Gasteiger partial charge in [0.25, 0.3) is 5.91 Å². The minimum absolute atomic E-state index is 0.0274. The van der Waals surface area contributed by atoms with Crippen molar-refractivity contribution in [3.8, 4) is 0 Å². The Balaban J connectivity index is 1.14. The van der Waals surface area contributed by atoms with Crippen molar-refractivity contribution >= 4 is 29.3 Å². The Bertz CT molecular complexity index is 1180. The quantitative estimate of drug-likeness (QED) is 0.552. The first kappa shape index (κ1) is 27.6. The van der Waals surface area contributed by atoms with Crippen LogP contribution in [0.15, 0.2) is 53.4 Å². The Morgan fingerprint density at radius 3 is 2.02 bits per heavy atom. The number of piperazine rings is 1. The van der Waals surface area contributed by atoms with Gasteiger partial charge in [0.1, 0.15) is 10.9 Å². The number of nitrogens with two attached hydrogens (primary N) is 1. The molecule has 40 heavy (non-hydrogen) atoms. The number of carbonyl (C=O) groups excluding carboxylic acids is 2. The van der Waals surface area contributed by atoms with Gasteiger partial charge in [-0.05, 0) is 42.7 Å². The molecular formula is C32H42N4O3S. The molecule has 2 N–H and O–H groups in total. The highest BCUT2D eigenvalue weighted by Crippen LogP contribution is 2.53. The van der Waals surface area contributed by atoms with E-state index in [-0.39, 0.29) is 30.4 Å². The number of amides is 2. The Hall–Kier alpha value is -2.55. The van der Waals surface area contributed by atoms with Gasteiger partial charge in [-0.1, -0.05) is 81.0 Å². The lowest BCUT2D eigenvalue weighted by atomic mass is 9.95. The normalized spacial score (nSPS) is 23.8. The van der Waals surface area contributed by atoms with Crippen LogP contribution in [-0.4, -0.2) is 72.6 Å². The summed E-state index contributed by atoms with van der Waals surface area (Å²) in [6.07, 6.45) is 11.9. The zero-order chi connectivity index (χ0) is 27.5. The lowest BCUT2D eigenvalue weighted by Gasteiger charge is -2.43. The lowest BCUT2D eigenvalue weighted by molar-refractivity contribution is -0.155. The second kappa shape index (κ2) is 12.1. The number of nitrogens with zero attached hydrogens (tertiary/aromatic N) is 3. The molecule has 3 heterocycles. The van der Waals surface area contributed by atoms with Gasteiger partial charge in [-0.3, -0.25) is 9.59 Å². The fraction of sp³-hybridized carbons (Fsp3) is 0.562. The molecule has 3 aliphatic heterocycles. The summed E-state index contributed by atoms with van der Waals surface area (Å²) in [5.74, 6) is -0.0371. The lowest BCUT2D eigenvalue weighted by Crippen LogP contribution is -2.68. The first-order valence-electron chi connectivity index (χ1n) is 15.1. The van der Waals surface area contributed by atoms with Crippen molar-refractivity contribution in [3.05, 3.63) is 59.7 Å². The van der Waals surface area contributed by atoms with Crippen LogP contribution in [0.4, 0.5) is 5.69 Å². The molecule has 0 radical (unpaired) electrons. The maximum Gasteiger partial charge on any atom is 0.253 e. The summed E-state index contributed by atoms with van der Waals surface area (Å²) >= 11 is 1.94. The summed E-state index contributed by atoms with van der Waals surface area (Å²) in [5, 5.41) is 0.225. The van der Waals surface area contributed by atoms with Gasteiger partial charge in [-0.25, -0.2) is 0 Å². The molecule has 2 saturated heterocycles. The van der Waals surface area contributed by atoms with Crippen molar-refractivity contribution in [2.75, 3.05) is 44.3 Å². The predicted molar refractivity (Wildman–Crippen MR) is 160 cm³/mol. The molecular weight excluding hydrogens is 520 g/mol. The molecule has 1 unspecified atom stereocenters. The van der Waals surface area contributed by atoms with Gasteiger partial charge in [-0.2, -0.15) is 0 Å². The third-order valence-electron chi connectivity index (χ3n) is 9.04. The van der Waals surface area contributed by atoms with E-state index >= 15 is 0 Å². The van der Waals surface area contributed by atoms with Crippen LogP contribution in [0.1, 0.15) is 79.1 Å². The average Bonchev–Trinajstić information content (AvgIpc) is 3.37. The van der Waals surface area contributed by atoms with Crippen molar-refractivity contribution in [2.24, 2.45) is 5.73 Å². The van der Waals surface area contributed by atoms with Crippen LogP contribution in [-0.2, 0) is 9.53 Å². The van der Waals surface area contributed by atoms with Gasteiger partial charge in [-0.15, -0.1) is 0 Å². The summed E-state index contributed by atoms with van der Waals surface area (Å²) in [7, 11) is 0. The van der Waals surface area contributed by atoms with Crippen LogP contribution in [0.5, 0.6) is 0 Å². The van der Waals surface area contributed by atoms with E-state index < -0.39 is 5.54 Å². The molecule has 2 amide bonds. The number of hydrogen-bond donors (Lipinski definition) is 1. The molecule has 1 saturated carbocycles. The molecule has 214 valence electrons. The maximum atomic E-state index is 13.4. The average molecular weight is 563 g/mol. The van der Waals surface area contributed by atoms with E-state index in [4.69, 9.17) is 10.5 Å². The highest BCUT2D eigenvalue weighted by atomic mass is 32.2. The predicted octanol–water partition coefficient (Wildman–Crippen LogP) is 5.20. The van der Waals surface area contributed by atoms with Crippen molar-refractivity contribution < 1.29 is 14.3 Å². The first-order chi connectivity index (χ1) is 19.5. The highest BCUT2D eigenvalue weighted by molar-refractivity contribution is 8.00. The van der Waals surface area contributed by atoms with Crippen molar-refractivity contribution in [1.29, 1.82) is 0 Å². The van der Waals surface area contributed by atoms with E-state index in [2.05, 4.69) is 41.3 Å². The summed E-state index contributed by atoms with van der Waals surface area (Å²) in [6.45, 7) is 2.61. The second-order valence-corrected chi connectivity index (χ2v) is 13.0. The van der Waals surface area contributed by atoms with Crippen LogP contribution in [0.2, 0.25) is 0 Å². The fourth-order valence-electron chi connectivity index (χ4n) is 6.60. The summed E-state index contributed by atoms with van der Waals surface area (Å²) in [4.78, 5) is 33.7.